The largest absolute Gasteiger partial charge is 0.573 e. The third kappa shape index (κ3) is 4.85. The van der Waals surface area contributed by atoms with E-state index >= 15 is 0 Å². The van der Waals surface area contributed by atoms with Crippen LogP contribution in [0, 0.1) is 0 Å². The standard InChI is InChI=1S/C17H23F3N2O/c18-17(19,20)23-16-7-5-14(6-8-16)12-22-11-3-4-15(22)13-21-9-1-2-10-21/h5-8,15H,1-4,9-13H2. The van der Waals surface area contributed by atoms with E-state index in [1.165, 1.54) is 50.9 Å². The molecule has 2 heterocycles. The quantitative estimate of drug-likeness (QED) is 0.821. The van der Waals surface area contributed by atoms with Crippen LogP contribution in [0.25, 0.3) is 0 Å². The van der Waals surface area contributed by atoms with Gasteiger partial charge in [-0.25, -0.2) is 0 Å². The zero-order valence-corrected chi connectivity index (χ0v) is 13.2. The molecule has 1 unspecified atom stereocenters. The average molecular weight is 328 g/mol. The van der Waals surface area contributed by atoms with E-state index in [0.29, 0.717) is 6.04 Å². The molecule has 0 N–H and O–H groups in total. The minimum atomic E-state index is -4.63. The van der Waals surface area contributed by atoms with Crippen LogP contribution in [-0.2, 0) is 6.54 Å². The van der Waals surface area contributed by atoms with Crippen molar-refractivity contribution in [1.82, 2.24) is 9.80 Å². The van der Waals surface area contributed by atoms with Gasteiger partial charge in [-0.3, -0.25) is 4.90 Å². The Morgan fingerprint density at radius 2 is 1.70 bits per heavy atom. The summed E-state index contributed by atoms with van der Waals surface area (Å²) < 4.78 is 40.5. The first-order chi connectivity index (χ1) is 11.0. The van der Waals surface area contributed by atoms with Crippen molar-refractivity contribution < 1.29 is 17.9 Å². The summed E-state index contributed by atoms with van der Waals surface area (Å²) in [6.07, 6.45) is 0.387. The summed E-state index contributed by atoms with van der Waals surface area (Å²) >= 11 is 0. The summed E-state index contributed by atoms with van der Waals surface area (Å²) in [7, 11) is 0. The minimum absolute atomic E-state index is 0.156. The number of nitrogens with zero attached hydrogens (tertiary/aromatic N) is 2. The van der Waals surface area contributed by atoms with Crippen molar-refractivity contribution >= 4 is 0 Å². The lowest BCUT2D eigenvalue weighted by molar-refractivity contribution is -0.274. The number of alkyl halides is 3. The maximum Gasteiger partial charge on any atom is 0.573 e. The van der Waals surface area contributed by atoms with Crippen LogP contribution in [0.15, 0.2) is 24.3 Å². The van der Waals surface area contributed by atoms with E-state index in [4.69, 9.17) is 0 Å². The second-order valence-corrected chi connectivity index (χ2v) is 6.47. The number of likely N-dealkylation sites (tertiary alicyclic amines) is 2. The van der Waals surface area contributed by atoms with Gasteiger partial charge in [-0.1, -0.05) is 12.1 Å². The minimum Gasteiger partial charge on any atom is -0.406 e. The molecule has 0 saturated carbocycles. The molecule has 3 rings (SSSR count). The Labute approximate surface area is 135 Å². The molecule has 2 aliphatic heterocycles. The summed E-state index contributed by atoms with van der Waals surface area (Å²) in [6, 6.07) is 6.82. The third-order valence-electron chi connectivity index (χ3n) is 4.71. The number of halogens is 3. The van der Waals surface area contributed by atoms with Crippen molar-refractivity contribution in [2.45, 2.75) is 44.6 Å². The van der Waals surface area contributed by atoms with Crippen LogP contribution in [0.3, 0.4) is 0 Å². The number of hydrogen-bond acceptors (Lipinski definition) is 3. The van der Waals surface area contributed by atoms with Crippen LogP contribution >= 0.6 is 0 Å². The van der Waals surface area contributed by atoms with Crippen LogP contribution in [0.5, 0.6) is 5.75 Å². The van der Waals surface area contributed by atoms with Gasteiger partial charge < -0.3 is 9.64 Å². The maximum atomic E-state index is 12.2. The number of ether oxygens (including phenoxy) is 1. The fourth-order valence-electron chi connectivity index (χ4n) is 3.60. The molecule has 128 valence electrons. The normalized spacial score (nSPS) is 23.5. The summed E-state index contributed by atoms with van der Waals surface area (Å²) in [4.78, 5) is 4.99. The van der Waals surface area contributed by atoms with E-state index < -0.39 is 6.36 Å². The predicted octanol–water partition coefficient (Wildman–Crippen LogP) is 3.65. The molecular formula is C17H23F3N2O. The highest BCUT2D eigenvalue weighted by Crippen LogP contribution is 2.25. The molecule has 23 heavy (non-hydrogen) atoms. The Balaban J connectivity index is 1.55. The molecule has 0 amide bonds. The van der Waals surface area contributed by atoms with Gasteiger partial charge in [0, 0.05) is 19.1 Å². The van der Waals surface area contributed by atoms with Crippen LogP contribution in [-0.4, -0.2) is 48.4 Å². The van der Waals surface area contributed by atoms with E-state index in [0.717, 1.165) is 25.2 Å². The molecule has 1 aromatic carbocycles. The Bertz CT molecular complexity index is 498. The zero-order chi connectivity index (χ0) is 16.3. The molecule has 0 radical (unpaired) electrons. The van der Waals surface area contributed by atoms with Crippen molar-refractivity contribution in [3.8, 4) is 5.75 Å². The van der Waals surface area contributed by atoms with Gasteiger partial charge in [0.05, 0.1) is 0 Å². The Hall–Kier alpha value is -1.27. The second kappa shape index (κ2) is 7.09. The van der Waals surface area contributed by atoms with Crippen molar-refractivity contribution in [3.05, 3.63) is 29.8 Å². The molecule has 0 bridgehead atoms. The molecule has 1 atom stereocenters. The van der Waals surface area contributed by atoms with E-state index in [-0.39, 0.29) is 5.75 Å². The van der Waals surface area contributed by atoms with Gasteiger partial charge in [0.15, 0.2) is 0 Å². The zero-order valence-electron chi connectivity index (χ0n) is 13.2. The van der Waals surface area contributed by atoms with Gasteiger partial charge in [0.2, 0.25) is 0 Å². The van der Waals surface area contributed by atoms with E-state index in [1.807, 2.05) is 0 Å². The highest BCUT2D eigenvalue weighted by Gasteiger charge is 2.31. The molecule has 0 spiro atoms. The van der Waals surface area contributed by atoms with Gasteiger partial charge in [-0.05, 0) is 63.0 Å². The molecule has 6 heteroatoms. The van der Waals surface area contributed by atoms with E-state index in [1.54, 1.807) is 12.1 Å². The Morgan fingerprint density at radius 1 is 1.00 bits per heavy atom. The fourth-order valence-corrected chi connectivity index (χ4v) is 3.60. The van der Waals surface area contributed by atoms with Crippen LogP contribution in [0.1, 0.15) is 31.2 Å². The van der Waals surface area contributed by atoms with E-state index in [2.05, 4.69) is 14.5 Å². The molecule has 1 aromatic rings. The van der Waals surface area contributed by atoms with Gasteiger partial charge in [0.1, 0.15) is 5.75 Å². The van der Waals surface area contributed by atoms with Gasteiger partial charge in [-0.2, -0.15) is 0 Å². The summed E-state index contributed by atoms with van der Waals surface area (Å²) in [5.41, 5.74) is 1.04. The Morgan fingerprint density at radius 3 is 2.35 bits per heavy atom. The summed E-state index contributed by atoms with van der Waals surface area (Å²) in [6.45, 7) is 5.39. The summed E-state index contributed by atoms with van der Waals surface area (Å²) in [5.74, 6) is -0.156. The lowest BCUT2D eigenvalue weighted by atomic mass is 10.1. The van der Waals surface area contributed by atoms with Crippen LogP contribution < -0.4 is 4.74 Å². The van der Waals surface area contributed by atoms with Crippen LogP contribution in [0.4, 0.5) is 13.2 Å². The molecular weight excluding hydrogens is 305 g/mol. The first-order valence-corrected chi connectivity index (χ1v) is 8.31. The molecule has 2 fully saturated rings. The van der Waals surface area contributed by atoms with Crippen molar-refractivity contribution in [2.24, 2.45) is 0 Å². The van der Waals surface area contributed by atoms with Crippen molar-refractivity contribution in [3.63, 3.8) is 0 Å². The molecule has 0 aromatic heterocycles. The highest BCUT2D eigenvalue weighted by molar-refractivity contribution is 5.27. The smallest absolute Gasteiger partial charge is 0.406 e. The van der Waals surface area contributed by atoms with E-state index in [9.17, 15) is 13.2 Å². The molecule has 0 aliphatic carbocycles. The van der Waals surface area contributed by atoms with Crippen molar-refractivity contribution in [1.29, 1.82) is 0 Å². The summed E-state index contributed by atoms with van der Waals surface area (Å²) in [5, 5.41) is 0. The highest BCUT2D eigenvalue weighted by atomic mass is 19.4. The first-order valence-electron chi connectivity index (χ1n) is 8.31. The number of rotatable bonds is 5. The number of hydrogen-bond donors (Lipinski definition) is 0. The van der Waals surface area contributed by atoms with Crippen LogP contribution in [0.2, 0.25) is 0 Å². The maximum absolute atomic E-state index is 12.2. The fraction of sp³-hybridized carbons (Fsp3) is 0.647. The van der Waals surface area contributed by atoms with Crippen molar-refractivity contribution in [2.75, 3.05) is 26.2 Å². The first kappa shape index (κ1) is 16.6. The Kier molecular flexibility index (Phi) is 5.11. The molecule has 2 aliphatic rings. The third-order valence-corrected chi connectivity index (χ3v) is 4.71. The average Bonchev–Trinajstić information content (AvgIpc) is 3.13. The lowest BCUT2D eigenvalue weighted by Gasteiger charge is -2.28. The van der Waals surface area contributed by atoms with Gasteiger partial charge >= 0.3 is 6.36 Å². The number of benzene rings is 1. The van der Waals surface area contributed by atoms with Gasteiger partial charge in [0.25, 0.3) is 0 Å². The monoisotopic (exact) mass is 328 g/mol. The molecule has 2 saturated heterocycles. The lowest BCUT2D eigenvalue weighted by Crippen LogP contribution is -2.38. The SMILES string of the molecule is FC(F)(F)Oc1ccc(CN2CCCC2CN2CCCC2)cc1. The predicted molar refractivity (Wildman–Crippen MR) is 82.2 cm³/mol. The topological polar surface area (TPSA) is 15.7 Å². The molecule has 3 nitrogen and oxygen atoms in total. The second-order valence-electron chi connectivity index (χ2n) is 6.47. The van der Waals surface area contributed by atoms with Gasteiger partial charge in [-0.15, -0.1) is 13.2 Å².